The van der Waals surface area contributed by atoms with Crippen molar-refractivity contribution in [3.05, 3.63) is 11.7 Å². The number of methoxy groups -OCH3 is 1. The Morgan fingerprint density at radius 2 is 2.10 bits per heavy atom. The van der Waals surface area contributed by atoms with Crippen LogP contribution in [0.1, 0.15) is 70.5 Å². The minimum absolute atomic E-state index is 0.206. The normalized spacial score (nSPS) is 29.3. The number of ether oxygens (including phenoxy) is 1. The van der Waals surface area contributed by atoms with Gasteiger partial charge in [0.15, 0.2) is 0 Å². The van der Waals surface area contributed by atoms with Gasteiger partial charge in [0.2, 0.25) is 11.7 Å². The lowest BCUT2D eigenvalue weighted by molar-refractivity contribution is -0.0609. The third kappa shape index (κ3) is 3.29. The molecule has 2 unspecified atom stereocenters. The van der Waals surface area contributed by atoms with E-state index >= 15 is 0 Å². The van der Waals surface area contributed by atoms with Gasteiger partial charge < -0.3 is 14.6 Å². The molecule has 1 fully saturated rings. The molecule has 5 heteroatoms. The summed E-state index contributed by atoms with van der Waals surface area (Å²) in [6, 6.07) is 0.350. The minimum atomic E-state index is -0.352. The molecule has 1 aromatic rings. The number of hydrogen-bond donors (Lipinski definition) is 1. The number of hydrogen-bond acceptors (Lipinski definition) is 5. The third-order valence-corrected chi connectivity index (χ3v) is 5.13. The van der Waals surface area contributed by atoms with Crippen LogP contribution in [0.15, 0.2) is 4.52 Å². The summed E-state index contributed by atoms with van der Waals surface area (Å²) in [5.74, 6) is 2.40. The Morgan fingerprint density at radius 1 is 1.43 bits per heavy atom. The van der Waals surface area contributed by atoms with E-state index in [4.69, 9.17) is 9.26 Å². The maximum atomic E-state index is 5.82. The first-order chi connectivity index (χ1) is 10.1. The molecule has 1 heterocycles. The Morgan fingerprint density at radius 3 is 2.62 bits per heavy atom. The van der Waals surface area contributed by atoms with Crippen LogP contribution in [0.3, 0.4) is 0 Å². The summed E-state index contributed by atoms with van der Waals surface area (Å²) < 4.78 is 11.4. The van der Waals surface area contributed by atoms with Crippen LogP contribution in [0.4, 0.5) is 0 Å². The molecule has 1 aliphatic carbocycles. The van der Waals surface area contributed by atoms with Gasteiger partial charge in [-0.3, -0.25) is 0 Å². The van der Waals surface area contributed by atoms with E-state index in [-0.39, 0.29) is 11.5 Å². The Balaban J connectivity index is 2.18. The van der Waals surface area contributed by atoms with E-state index in [1.807, 2.05) is 7.05 Å². The van der Waals surface area contributed by atoms with Crippen LogP contribution in [0, 0.1) is 5.92 Å². The lowest BCUT2D eigenvalue weighted by Gasteiger charge is -2.35. The molecule has 2 atom stereocenters. The zero-order valence-corrected chi connectivity index (χ0v) is 14.0. The predicted octanol–water partition coefficient (Wildman–Crippen LogP) is 3.22. The van der Waals surface area contributed by atoms with Crippen molar-refractivity contribution in [1.29, 1.82) is 0 Å². The second-order valence-corrected chi connectivity index (χ2v) is 6.43. The van der Waals surface area contributed by atoms with Gasteiger partial charge in [-0.15, -0.1) is 0 Å². The maximum absolute atomic E-state index is 5.82. The third-order valence-electron chi connectivity index (χ3n) is 5.13. The second-order valence-electron chi connectivity index (χ2n) is 6.43. The lowest BCUT2D eigenvalue weighted by Crippen LogP contribution is -2.34. The molecular formula is C16H29N3O2. The molecular weight excluding hydrogens is 266 g/mol. The van der Waals surface area contributed by atoms with Crippen molar-refractivity contribution in [2.75, 3.05) is 14.2 Å². The summed E-state index contributed by atoms with van der Waals surface area (Å²) in [4.78, 5) is 4.68. The van der Waals surface area contributed by atoms with Crippen molar-refractivity contribution in [3.8, 4) is 0 Å². The van der Waals surface area contributed by atoms with Crippen LogP contribution in [0.2, 0.25) is 0 Å². The van der Waals surface area contributed by atoms with Gasteiger partial charge in [-0.05, 0) is 45.1 Å². The van der Waals surface area contributed by atoms with Crippen LogP contribution >= 0.6 is 0 Å². The number of nitrogens with one attached hydrogen (secondary N) is 1. The molecule has 1 saturated carbocycles. The SMILES string of the molecule is CCC(NC)C(C)c1nc(C2(OC)CCC(C)CC2)no1. The molecule has 0 radical (unpaired) electrons. The molecule has 2 rings (SSSR count). The second kappa shape index (κ2) is 6.88. The van der Waals surface area contributed by atoms with Gasteiger partial charge in [0.05, 0.1) is 5.92 Å². The smallest absolute Gasteiger partial charge is 0.231 e. The molecule has 1 N–H and O–H groups in total. The minimum Gasteiger partial charge on any atom is -0.370 e. The summed E-state index contributed by atoms with van der Waals surface area (Å²) >= 11 is 0. The molecule has 0 aliphatic heterocycles. The Kier molecular flexibility index (Phi) is 5.38. The molecule has 0 saturated heterocycles. The van der Waals surface area contributed by atoms with E-state index in [0.717, 1.165) is 43.8 Å². The molecule has 120 valence electrons. The fourth-order valence-corrected chi connectivity index (χ4v) is 3.33. The summed E-state index contributed by atoms with van der Waals surface area (Å²) in [6.07, 6.45) is 5.29. The highest BCUT2D eigenvalue weighted by Gasteiger charge is 2.40. The molecule has 21 heavy (non-hydrogen) atoms. The Bertz CT molecular complexity index is 434. The highest BCUT2D eigenvalue weighted by molar-refractivity contribution is 5.06. The number of likely N-dealkylation sites (N-methyl/N-ethyl adjacent to an activating group) is 1. The van der Waals surface area contributed by atoms with Crippen LogP contribution in [-0.4, -0.2) is 30.3 Å². The molecule has 1 aliphatic rings. The summed E-state index contributed by atoms with van der Waals surface area (Å²) in [5.41, 5.74) is -0.352. The van der Waals surface area contributed by atoms with Crippen molar-refractivity contribution < 1.29 is 9.26 Å². The zero-order chi connectivity index (χ0) is 15.5. The first kappa shape index (κ1) is 16.4. The van der Waals surface area contributed by atoms with Crippen molar-refractivity contribution in [3.63, 3.8) is 0 Å². The van der Waals surface area contributed by atoms with Crippen LogP contribution in [0.5, 0.6) is 0 Å². The summed E-state index contributed by atoms with van der Waals surface area (Å²) in [6.45, 7) is 6.58. The highest BCUT2D eigenvalue weighted by Crippen LogP contribution is 2.41. The van der Waals surface area contributed by atoms with E-state index < -0.39 is 0 Å². The van der Waals surface area contributed by atoms with Gasteiger partial charge in [-0.25, -0.2) is 0 Å². The van der Waals surface area contributed by atoms with Gasteiger partial charge in [0.1, 0.15) is 5.60 Å². The van der Waals surface area contributed by atoms with Crippen LogP contribution in [-0.2, 0) is 10.3 Å². The van der Waals surface area contributed by atoms with Gasteiger partial charge in [0, 0.05) is 13.2 Å². The van der Waals surface area contributed by atoms with E-state index in [9.17, 15) is 0 Å². The van der Waals surface area contributed by atoms with Crippen molar-refractivity contribution in [2.24, 2.45) is 5.92 Å². The highest BCUT2D eigenvalue weighted by atomic mass is 16.5. The molecule has 1 aromatic heterocycles. The maximum Gasteiger partial charge on any atom is 0.231 e. The lowest BCUT2D eigenvalue weighted by atomic mass is 9.79. The molecule has 5 nitrogen and oxygen atoms in total. The molecule has 0 spiro atoms. The van der Waals surface area contributed by atoms with Crippen molar-refractivity contribution in [1.82, 2.24) is 15.5 Å². The van der Waals surface area contributed by atoms with Crippen LogP contribution < -0.4 is 5.32 Å². The largest absolute Gasteiger partial charge is 0.370 e. The van der Waals surface area contributed by atoms with Crippen LogP contribution in [0.25, 0.3) is 0 Å². The van der Waals surface area contributed by atoms with Gasteiger partial charge >= 0.3 is 0 Å². The number of aromatic nitrogens is 2. The number of nitrogens with zero attached hydrogens (tertiary/aromatic N) is 2. The van der Waals surface area contributed by atoms with E-state index in [2.05, 4.69) is 36.2 Å². The van der Waals surface area contributed by atoms with Gasteiger partial charge in [-0.2, -0.15) is 4.98 Å². The Labute approximate surface area is 127 Å². The predicted molar refractivity (Wildman–Crippen MR) is 82.2 cm³/mol. The average Bonchev–Trinajstić information content (AvgIpc) is 3.00. The fraction of sp³-hybridized carbons (Fsp3) is 0.875. The molecule has 0 bridgehead atoms. The van der Waals surface area contributed by atoms with E-state index in [1.54, 1.807) is 7.11 Å². The van der Waals surface area contributed by atoms with E-state index in [1.165, 1.54) is 0 Å². The Hall–Kier alpha value is -0.940. The van der Waals surface area contributed by atoms with Gasteiger partial charge in [-0.1, -0.05) is 25.9 Å². The topological polar surface area (TPSA) is 60.2 Å². The van der Waals surface area contributed by atoms with Crippen molar-refractivity contribution >= 4 is 0 Å². The molecule has 0 amide bonds. The summed E-state index contributed by atoms with van der Waals surface area (Å²) in [5, 5.41) is 7.55. The monoisotopic (exact) mass is 295 g/mol. The zero-order valence-electron chi connectivity index (χ0n) is 14.0. The average molecular weight is 295 g/mol. The first-order valence-corrected chi connectivity index (χ1v) is 8.12. The molecule has 0 aromatic carbocycles. The first-order valence-electron chi connectivity index (χ1n) is 8.12. The standard InChI is InChI=1S/C16H29N3O2/c1-6-13(17-4)12(3)14-18-15(19-21-14)16(20-5)9-7-11(2)8-10-16/h11-13,17H,6-10H2,1-5H3. The number of rotatable bonds is 6. The van der Waals surface area contributed by atoms with E-state index in [0.29, 0.717) is 11.9 Å². The van der Waals surface area contributed by atoms with Crippen molar-refractivity contribution in [2.45, 2.75) is 70.4 Å². The fourth-order valence-electron chi connectivity index (χ4n) is 3.33. The quantitative estimate of drug-likeness (QED) is 0.873. The summed E-state index contributed by atoms with van der Waals surface area (Å²) in [7, 11) is 3.74. The van der Waals surface area contributed by atoms with Gasteiger partial charge in [0.25, 0.3) is 0 Å².